The second-order valence-electron chi connectivity index (χ2n) is 6.41. The topological polar surface area (TPSA) is 87.9 Å². The summed E-state index contributed by atoms with van der Waals surface area (Å²) in [7, 11) is -3.27. The van der Waals surface area contributed by atoms with Gasteiger partial charge in [-0.1, -0.05) is 13.8 Å². The van der Waals surface area contributed by atoms with Gasteiger partial charge in [0.05, 0.1) is 35.4 Å². The highest BCUT2D eigenvalue weighted by Gasteiger charge is 2.49. The van der Waals surface area contributed by atoms with Gasteiger partial charge in [-0.25, -0.2) is 8.42 Å². The minimum atomic E-state index is -3.27. The van der Waals surface area contributed by atoms with Crippen molar-refractivity contribution in [2.75, 3.05) is 24.6 Å². The number of hydrogen-bond acceptors (Lipinski definition) is 5. The molecule has 2 unspecified atom stereocenters. The van der Waals surface area contributed by atoms with Crippen molar-refractivity contribution in [3.05, 3.63) is 24.2 Å². The molecule has 0 radical (unpaired) electrons. The third kappa shape index (κ3) is 2.87. The van der Waals surface area contributed by atoms with E-state index in [-0.39, 0.29) is 29.2 Å². The van der Waals surface area contributed by atoms with Crippen LogP contribution in [-0.2, 0) is 14.6 Å². The maximum atomic E-state index is 12.6. The fraction of sp³-hybridized carbons (Fsp3) is 0.600. The van der Waals surface area contributed by atoms with Crippen LogP contribution in [0, 0.1) is 5.92 Å². The standard InChI is InChI=1S/C15H20N2O5S/c1-10(2)14(18)16-4-5-17(15(19)11-3-6-22-7-11)13-9-23(20,21)8-12(13)16/h3,6-7,10,12-13H,4-5,8-9H2,1-2H3. The molecule has 0 bridgehead atoms. The SMILES string of the molecule is CC(C)C(=O)N1CCN(C(=O)c2ccoc2)C2CS(=O)(=O)CC21. The molecular weight excluding hydrogens is 320 g/mol. The number of carbonyl (C=O) groups is 2. The highest BCUT2D eigenvalue weighted by Crippen LogP contribution is 2.29. The van der Waals surface area contributed by atoms with Gasteiger partial charge in [0.15, 0.2) is 9.84 Å². The van der Waals surface area contributed by atoms with Crippen molar-refractivity contribution in [3.63, 3.8) is 0 Å². The molecule has 3 rings (SSSR count). The average molecular weight is 340 g/mol. The molecule has 126 valence electrons. The minimum Gasteiger partial charge on any atom is -0.472 e. The second kappa shape index (κ2) is 5.67. The number of fused-ring (bicyclic) bond motifs is 1. The van der Waals surface area contributed by atoms with E-state index in [9.17, 15) is 18.0 Å². The molecule has 1 aromatic rings. The molecule has 2 saturated heterocycles. The van der Waals surface area contributed by atoms with Crippen LogP contribution >= 0.6 is 0 Å². The van der Waals surface area contributed by atoms with E-state index in [1.807, 2.05) is 0 Å². The van der Waals surface area contributed by atoms with Crippen LogP contribution in [-0.4, -0.2) is 66.7 Å². The predicted octanol–water partition coefficient (Wildman–Crippen LogP) is 0.386. The van der Waals surface area contributed by atoms with Gasteiger partial charge >= 0.3 is 0 Å². The lowest BCUT2D eigenvalue weighted by Crippen LogP contribution is -2.62. The molecule has 8 heteroatoms. The van der Waals surface area contributed by atoms with Gasteiger partial charge in [0, 0.05) is 19.0 Å². The fourth-order valence-electron chi connectivity index (χ4n) is 3.36. The number of piperazine rings is 1. The molecule has 2 amide bonds. The molecule has 0 aromatic carbocycles. The smallest absolute Gasteiger partial charge is 0.257 e. The zero-order valence-electron chi connectivity index (χ0n) is 13.1. The lowest BCUT2D eigenvalue weighted by atomic mass is 10.0. The van der Waals surface area contributed by atoms with Gasteiger partial charge in [-0.05, 0) is 6.07 Å². The highest BCUT2D eigenvalue weighted by atomic mass is 32.2. The van der Waals surface area contributed by atoms with Gasteiger partial charge in [-0.2, -0.15) is 0 Å². The third-order valence-corrected chi connectivity index (χ3v) is 6.18. The Labute approximate surface area is 135 Å². The van der Waals surface area contributed by atoms with Crippen LogP contribution in [0.2, 0.25) is 0 Å². The van der Waals surface area contributed by atoms with E-state index in [2.05, 4.69) is 0 Å². The summed E-state index contributed by atoms with van der Waals surface area (Å²) in [4.78, 5) is 28.2. The van der Waals surface area contributed by atoms with Gasteiger partial charge in [0.2, 0.25) is 5.91 Å². The molecule has 2 aliphatic rings. The third-order valence-electron chi connectivity index (χ3n) is 4.48. The normalized spacial score (nSPS) is 26.4. The summed E-state index contributed by atoms with van der Waals surface area (Å²) >= 11 is 0. The number of furan rings is 1. The van der Waals surface area contributed by atoms with Gasteiger partial charge in [0.25, 0.3) is 5.91 Å². The summed E-state index contributed by atoms with van der Waals surface area (Å²) in [5, 5.41) is 0. The Morgan fingerprint density at radius 2 is 1.78 bits per heavy atom. The van der Waals surface area contributed by atoms with Gasteiger partial charge in [-0.3, -0.25) is 9.59 Å². The molecule has 3 heterocycles. The van der Waals surface area contributed by atoms with E-state index in [1.165, 1.54) is 12.5 Å². The number of hydrogen-bond donors (Lipinski definition) is 0. The Morgan fingerprint density at radius 1 is 1.17 bits per heavy atom. The zero-order chi connectivity index (χ0) is 16.8. The maximum Gasteiger partial charge on any atom is 0.257 e. The number of nitrogens with zero attached hydrogens (tertiary/aromatic N) is 2. The summed E-state index contributed by atoms with van der Waals surface area (Å²) < 4.78 is 29.1. The van der Waals surface area contributed by atoms with E-state index in [1.54, 1.807) is 29.7 Å². The largest absolute Gasteiger partial charge is 0.472 e. The monoisotopic (exact) mass is 340 g/mol. The van der Waals surface area contributed by atoms with Gasteiger partial charge < -0.3 is 14.2 Å². The summed E-state index contributed by atoms with van der Waals surface area (Å²) in [5.41, 5.74) is 0.400. The number of amides is 2. The molecule has 0 saturated carbocycles. The fourth-order valence-corrected chi connectivity index (χ4v) is 5.34. The first-order valence-electron chi connectivity index (χ1n) is 7.64. The van der Waals surface area contributed by atoms with Crippen LogP contribution in [0.5, 0.6) is 0 Å². The van der Waals surface area contributed by atoms with E-state index in [0.717, 1.165) is 0 Å². The molecule has 23 heavy (non-hydrogen) atoms. The summed E-state index contributed by atoms with van der Waals surface area (Å²) in [5.74, 6) is -0.681. The average Bonchev–Trinajstić information content (AvgIpc) is 3.10. The van der Waals surface area contributed by atoms with E-state index < -0.39 is 21.9 Å². The zero-order valence-corrected chi connectivity index (χ0v) is 14.0. The first kappa shape index (κ1) is 16.0. The van der Waals surface area contributed by atoms with Gasteiger partial charge in [-0.15, -0.1) is 0 Å². The van der Waals surface area contributed by atoms with E-state index in [0.29, 0.717) is 18.7 Å². The minimum absolute atomic E-state index is 0.0625. The number of carbonyl (C=O) groups excluding carboxylic acids is 2. The van der Waals surface area contributed by atoms with E-state index >= 15 is 0 Å². The van der Waals surface area contributed by atoms with Crippen molar-refractivity contribution in [1.82, 2.24) is 9.80 Å². The first-order valence-corrected chi connectivity index (χ1v) is 9.46. The highest BCUT2D eigenvalue weighted by molar-refractivity contribution is 7.91. The van der Waals surface area contributed by atoms with Crippen LogP contribution in [0.15, 0.2) is 23.0 Å². The van der Waals surface area contributed by atoms with Crippen LogP contribution in [0.3, 0.4) is 0 Å². The van der Waals surface area contributed by atoms with Crippen LogP contribution in [0.4, 0.5) is 0 Å². The summed E-state index contributed by atoms with van der Waals surface area (Å²) in [6.07, 6.45) is 2.76. The molecule has 7 nitrogen and oxygen atoms in total. The van der Waals surface area contributed by atoms with Crippen LogP contribution in [0.1, 0.15) is 24.2 Å². The van der Waals surface area contributed by atoms with Crippen molar-refractivity contribution in [2.45, 2.75) is 25.9 Å². The molecule has 2 atom stereocenters. The van der Waals surface area contributed by atoms with Crippen LogP contribution in [0.25, 0.3) is 0 Å². The Balaban J connectivity index is 1.90. The predicted molar refractivity (Wildman–Crippen MR) is 82.5 cm³/mol. The first-order chi connectivity index (χ1) is 10.8. The summed E-state index contributed by atoms with van der Waals surface area (Å²) in [6.45, 7) is 4.28. The van der Waals surface area contributed by atoms with Crippen molar-refractivity contribution in [1.29, 1.82) is 0 Å². The molecule has 0 aliphatic carbocycles. The Hall–Kier alpha value is -1.83. The number of sulfone groups is 1. The molecule has 2 fully saturated rings. The van der Waals surface area contributed by atoms with Gasteiger partial charge in [0.1, 0.15) is 6.26 Å². The van der Waals surface area contributed by atoms with Crippen LogP contribution < -0.4 is 0 Å². The van der Waals surface area contributed by atoms with E-state index in [4.69, 9.17) is 4.42 Å². The molecule has 2 aliphatic heterocycles. The van der Waals surface area contributed by atoms with Crippen molar-refractivity contribution >= 4 is 21.7 Å². The lowest BCUT2D eigenvalue weighted by molar-refractivity contribution is -0.139. The Morgan fingerprint density at radius 3 is 2.35 bits per heavy atom. The summed E-state index contributed by atoms with van der Waals surface area (Å²) in [6, 6.07) is 0.616. The number of rotatable bonds is 2. The molecule has 0 N–H and O–H groups in total. The maximum absolute atomic E-state index is 12.6. The lowest BCUT2D eigenvalue weighted by Gasteiger charge is -2.44. The quantitative estimate of drug-likeness (QED) is 0.777. The molecular formula is C15H20N2O5S. The molecule has 0 spiro atoms. The Bertz CT molecular complexity index is 710. The van der Waals surface area contributed by atoms with Crippen molar-refractivity contribution < 1.29 is 22.4 Å². The Kier molecular flexibility index (Phi) is 3.95. The van der Waals surface area contributed by atoms with Crippen molar-refractivity contribution in [2.24, 2.45) is 5.92 Å². The second-order valence-corrected chi connectivity index (χ2v) is 8.56. The molecule has 1 aromatic heterocycles. The van der Waals surface area contributed by atoms with Crippen molar-refractivity contribution in [3.8, 4) is 0 Å².